The van der Waals surface area contributed by atoms with E-state index in [1.807, 2.05) is 19.1 Å². The summed E-state index contributed by atoms with van der Waals surface area (Å²) in [7, 11) is 3.23. The monoisotopic (exact) mass is 263 g/mol. The minimum absolute atomic E-state index is 0.000637. The number of nitrogen functional groups attached to an aromatic ring is 1. The molecule has 1 aromatic heterocycles. The Morgan fingerprint density at radius 3 is 2.84 bits per heavy atom. The number of hydrogen-bond acceptors (Lipinski definition) is 6. The van der Waals surface area contributed by atoms with Gasteiger partial charge in [-0.3, -0.25) is 0 Å². The highest BCUT2D eigenvalue weighted by atomic mass is 16.5. The van der Waals surface area contributed by atoms with Crippen molar-refractivity contribution >= 4 is 5.69 Å². The third-order valence-corrected chi connectivity index (χ3v) is 2.82. The molecule has 0 aliphatic carbocycles. The lowest BCUT2D eigenvalue weighted by atomic mass is 10.1. The predicted octanol–water partition coefficient (Wildman–Crippen LogP) is 1.14. The molecule has 0 saturated carbocycles. The first kappa shape index (κ1) is 13.3. The average Bonchev–Trinajstić information content (AvgIpc) is 2.87. The largest absolute Gasteiger partial charge is 0.496 e. The van der Waals surface area contributed by atoms with Crippen LogP contribution in [0.2, 0.25) is 0 Å². The summed E-state index contributed by atoms with van der Waals surface area (Å²) in [5.74, 6) is 1.21. The van der Waals surface area contributed by atoms with Crippen molar-refractivity contribution in [2.24, 2.45) is 0 Å². The molecular formula is C12H17N5O2. The van der Waals surface area contributed by atoms with E-state index in [1.165, 1.54) is 0 Å². The van der Waals surface area contributed by atoms with E-state index in [1.54, 1.807) is 25.0 Å². The summed E-state index contributed by atoms with van der Waals surface area (Å²) >= 11 is 0. The highest BCUT2D eigenvalue weighted by Gasteiger charge is 2.20. The fourth-order valence-corrected chi connectivity index (χ4v) is 1.92. The van der Waals surface area contributed by atoms with Crippen molar-refractivity contribution in [3.63, 3.8) is 0 Å². The molecule has 7 heteroatoms. The van der Waals surface area contributed by atoms with Crippen molar-refractivity contribution in [3.05, 3.63) is 18.2 Å². The summed E-state index contributed by atoms with van der Waals surface area (Å²) in [5, 5.41) is 11.8. The Hall–Kier alpha value is -2.15. The Morgan fingerprint density at radius 2 is 2.16 bits per heavy atom. The van der Waals surface area contributed by atoms with E-state index in [0.717, 1.165) is 0 Å². The number of rotatable bonds is 5. The van der Waals surface area contributed by atoms with E-state index in [4.69, 9.17) is 15.2 Å². The van der Waals surface area contributed by atoms with Gasteiger partial charge in [0.25, 0.3) is 0 Å². The molecule has 0 fully saturated rings. The molecule has 0 aliphatic rings. The lowest BCUT2D eigenvalue weighted by molar-refractivity contribution is 0.156. The number of hydrogen-bond donors (Lipinski definition) is 1. The zero-order chi connectivity index (χ0) is 13.8. The molecule has 1 atom stereocenters. The molecular weight excluding hydrogens is 246 g/mol. The van der Waals surface area contributed by atoms with E-state index in [0.29, 0.717) is 29.4 Å². The van der Waals surface area contributed by atoms with Gasteiger partial charge in [-0.1, -0.05) is 6.07 Å². The van der Waals surface area contributed by atoms with E-state index < -0.39 is 0 Å². The second-order valence-electron chi connectivity index (χ2n) is 4.18. The number of methoxy groups -OCH3 is 2. The van der Waals surface area contributed by atoms with Crippen molar-refractivity contribution in [2.45, 2.75) is 13.0 Å². The summed E-state index contributed by atoms with van der Waals surface area (Å²) in [6.07, 6.45) is 0. The van der Waals surface area contributed by atoms with Crippen LogP contribution in [0.15, 0.2) is 18.2 Å². The van der Waals surface area contributed by atoms with Crippen molar-refractivity contribution in [2.75, 3.05) is 26.6 Å². The molecule has 19 heavy (non-hydrogen) atoms. The third kappa shape index (κ3) is 2.50. The highest BCUT2D eigenvalue weighted by molar-refractivity contribution is 5.77. The first-order valence-corrected chi connectivity index (χ1v) is 5.88. The number of tetrazole rings is 1. The van der Waals surface area contributed by atoms with Crippen LogP contribution in [0.5, 0.6) is 5.75 Å². The number of benzene rings is 1. The molecule has 1 heterocycles. The van der Waals surface area contributed by atoms with Crippen molar-refractivity contribution in [1.29, 1.82) is 0 Å². The van der Waals surface area contributed by atoms with Crippen LogP contribution >= 0.6 is 0 Å². The molecule has 1 aromatic carbocycles. The molecule has 0 aliphatic heterocycles. The Bertz CT molecular complexity index is 555. The van der Waals surface area contributed by atoms with Crippen molar-refractivity contribution in [3.8, 4) is 17.1 Å². The van der Waals surface area contributed by atoms with E-state index >= 15 is 0 Å². The number of ether oxygens (including phenoxy) is 2. The van der Waals surface area contributed by atoms with Gasteiger partial charge >= 0.3 is 0 Å². The van der Waals surface area contributed by atoms with Gasteiger partial charge in [0.1, 0.15) is 5.75 Å². The molecule has 0 radical (unpaired) electrons. The SMILES string of the molecule is COCC(C)n1nnnc1-c1c(N)cccc1OC. The fourth-order valence-electron chi connectivity index (χ4n) is 1.92. The van der Waals surface area contributed by atoms with Crippen molar-refractivity contribution < 1.29 is 9.47 Å². The van der Waals surface area contributed by atoms with Gasteiger partial charge in [0.15, 0.2) is 5.82 Å². The Morgan fingerprint density at radius 1 is 1.37 bits per heavy atom. The lowest BCUT2D eigenvalue weighted by Crippen LogP contribution is -2.14. The van der Waals surface area contributed by atoms with Gasteiger partial charge in [0.2, 0.25) is 0 Å². The van der Waals surface area contributed by atoms with Crippen LogP contribution in [0.25, 0.3) is 11.4 Å². The normalized spacial score (nSPS) is 12.4. The summed E-state index contributed by atoms with van der Waals surface area (Å²) < 4.78 is 12.1. The third-order valence-electron chi connectivity index (χ3n) is 2.82. The summed E-state index contributed by atoms with van der Waals surface area (Å²) in [4.78, 5) is 0. The van der Waals surface area contributed by atoms with Gasteiger partial charge in [-0.05, 0) is 29.5 Å². The fraction of sp³-hybridized carbons (Fsp3) is 0.417. The Balaban J connectivity index is 2.51. The van der Waals surface area contributed by atoms with Crippen LogP contribution in [0.4, 0.5) is 5.69 Å². The van der Waals surface area contributed by atoms with Crippen LogP contribution in [-0.2, 0) is 4.74 Å². The second-order valence-corrected chi connectivity index (χ2v) is 4.18. The minimum atomic E-state index is -0.000637. The Labute approximate surface area is 111 Å². The van der Waals surface area contributed by atoms with E-state index in [2.05, 4.69) is 15.5 Å². The maximum Gasteiger partial charge on any atom is 0.188 e. The molecule has 0 amide bonds. The molecule has 2 N–H and O–H groups in total. The van der Waals surface area contributed by atoms with Crippen molar-refractivity contribution in [1.82, 2.24) is 20.2 Å². The number of aromatic nitrogens is 4. The maximum atomic E-state index is 6.01. The van der Waals surface area contributed by atoms with Crippen LogP contribution < -0.4 is 10.5 Å². The molecule has 1 unspecified atom stereocenters. The standard InChI is InChI=1S/C12H17N5O2/c1-8(7-18-2)17-12(14-15-16-17)11-9(13)5-4-6-10(11)19-3/h4-6,8H,7,13H2,1-3H3. The molecule has 0 bridgehead atoms. The predicted molar refractivity (Wildman–Crippen MR) is 70.8 cm³/mol. The van der Waals surface area contributed by atoms with Crippen LogP contribution in [0.1, 0.15) is 13.0 Å². The second kappa shape index (κ2) is 5.66. The summed E-state index contributed by atoms with van der Waals surface area (Å²) in [5.41, 5.74) is 7.27. The number of nitrogens with zero attached hydrogens (tertiary/aromatic N) is 4. The van der Waals surface area contributed by atoms with Gasteiger partial charge in [0, 0.05) is 12.8 Å². The Kier molecular flexibility index (Phi) is 3.96. The lowest BCUT2D eigenvalue weighted by Gasteiger charge is -2.15. The van der Waals surface area contributed by atoms with Gasteiger partial charge in [-0.2, -0.15) is 0 Å². The first-order chi connectivity index (χ1) is 9.19. The number of nitrogens with two attached hydrogens (primary N) is 1. The van der Waals surface area contributed by atoms with Gasteiger partial charge in [0.05, 0.1) is 25.3 Å². The molecule has 2 rings (SSSR count). The average molecular weight is 263 g/mol. The maximum absolute atomic E-state index is 6.01. The molecule has 0 saturated heterocycles. The van der Waals surface area contributed by atoms with E-state index in [-0.39, 0.29) is 6.04 Å². The summed E-state index contributed by atoms with van der Waals surface area (Å²) in [6.45, 7) is 2.47. The topological polar surface area (TPSA) is 88.1 Å². The van der Waals surface area contributed by atoms with Gasteiger partial charge in [-0.15, -0.1) is 5.10 Å². The van der Waals surface area contributed by atoms with Crippen LogP contribution in [-0.4, -0.2) is 41.0 Å². The highest BCUT2D eigenvalue weighted by Crippen LogP contribution is 2.34. The number of anilines is 1. The van der Waals surface area contributed by atoms with E-state index in [9.17, 15) is 0 Å². The zero-order valence-electron chi connectivity index (χ0n) is 11.2. The van der Waals surface area contributed by atoms with Crippen LogP contribution in [0, 0.1) is 0 Å². The van der Waals surface area contributed by atoms with Gasteiger partial charge < -0.3 is 15.2 Å². The van der Waals surface area contributed by atoms with Crippen LogP contribution in [0.3, 0.4) is 0 Å². The molecule has 7 nitrogen and oxygen atoms in total. The zero-order valence-corrected chi connectivity index (χ0v) is 11.2. The molecule has 102 valence electrons. The first-order valence-electron chi connectivity index (χ1n) is 5.88. The smallest absolute Gasteiger partial charge is 0.188 e. The minimum Gasteiger partial charge on any atom is -0.496 e. The van der Waals surface area contributed by atoms with Gasteiger partial charge in [-0.25, -0.2) is 4.68 Å². The quantitative estimate of drug-likeness (QED) is 0.814. The molecule has 0 spiro atoms. The summed E-state index contributed by atoms with van der Waals surface area (Å²) in [6, 6.07) is 5.44. The molecule has 2 aromatic rings.